The Labute approximate surface area is 480 Å². The minimum absolute atomic E-state index is 0.0247. The third-order valence-corrected chi connectivity index (χ3v) is 16.7. The number of phosphoric acid groups is 1. The molecule has 0 spiro atoms. The second kappa shape index (κ2) is 42.3. The summed E-state index contributed by atoms with van der Waals surface area (Å²) in [6.45, 7) is 1.04. The topological polar surface area (TPSA) is 368 Å². The van der Waals surface area contributed by atoms with E-state index in [0.717, 1.165) is 57.8 Å². The van der Waals surface area contributed by atoms with Gasteiger partial charge in [-0.1, -0.05) is 194 Å². The monoisotopic (exact) mass is 1190 g/mol. The highest BCUT2D eigenvalue weighted by Gasteiger charge is 2.58. The van der Waals surface area contributed by atoms with Gasteiger partial charge in [0.1, 0.15) is 92.1 Å². The van der Waals surface area contributed by atoms with Crippen LogP contribution in [-0.4, -0.2) is 204 Å². The lowest BCUT2D eigenvalue weighted by Crippen LogP contribution is -2.69. The van der Waals surface area contributed by atoms with Crippen molar-refractivity contribution in [3.05, 3.63) is 0 Å². The van der Waals surface area contributed by atoms with Crippen LogP contribution in [0, 0.1) is 0 Å². The predicted molar refractivity (Wildman–Crippen MR) is 296 cm³/mol. The molecule has 2 aliphatic heterocycles. The van der Waals surface area contributed by atoms with E-state index in [9.17, 15) is 75.2 Å². The van der Waals surface area contributed by atoms with Crippen LogP contribution in [0.5, 0.6) is 0 Å². The summed E-state index contributed by atoms with van der Waals surface area (Å²) in [4.78, 5) is 37.6. The van der Waals surface area contributed by atoms with Gasteiger partial charge in [0.05, 0.1) is 19.8 Å². The molecule has 0 bridgehead atoms. The van der Waals surface area contributed by atoms with E-state index >= 15 is 0 Å². The van der Waals surface area contributed by atoms with Crippen LogP contribution < -0.4 is 0 Å². The van der Waals surface area contributed by atoms with Crippen molar-refractivity contribution in [1.29, 1.82) is 0 Å². The van der Waals surface area contributed by atoms with Gasteiger partial charge in [0.2, 0.25) is 0 Å². The maximum atomic E-state index is 14.0. The van der Waals surface area contributed by atoms with E-state index in [1.807, 2.05) is 0 Å². The molecule has 2 heterocycles. The van der Waals surface area contributed by atoms with Crippen LogP contribution in [0.25, 0.3) is 0 Å². The number of rotatable bonds is 46. The van der Waals surface area contributed by atoms with Crippen molar-refractivity contribution < 1.29 is 113 Å². The molecule has 3 fully saturated rings. The number of hydrogen-bond donors (Lipinski definition) is 12. The van der Waals surface area contributed by atoms with E-state index in [0.29, 0.717) is 12.8 Å². The van der Waals surface area contributed by atoms with E-state index in [2.05, 4.69) is 13.8 Å². The number of unbranched alkanes of at least 4 members (excludes halogenated alkanes) is 28. The molecule has 1 saturated carbocycles. The second-order valence-electron chi connectivity index (χ2n) is 22.6. The molecular formula is C57H107O23P. The zero-order chi connectivity index (χ0) is 59.6. The molecule has 16 atom stereocenters. The van der Waals surface area contributed by atoms with Crippen LogP contribution in [0.3, 0.4) is 0 Å². The van der Waals surface area contributed by atoms with Crippen LogP contribution in [-0.2, 0) is 51.6 Å². The maximum absolute atomic E-state index is 14.0. The SMILES string of the molecule is CCCCCCCCCCCCCCCCCCC(=O)OCC(COP(=O)(O)OC1C(OC2OC(CO)C(O)C(O)C2O)C(O)C(O)C(O)C1OC1OC(CO)C(O)C(O)C1O)OC(=O)CCCCCCCCCCCCCCCC. The van der Waals surface area contributed by atoms with Crippen LogP contribution in [0.1, 0.15) is 219 Å². The number of esters is 2. The van der Waals surface area contributed by atoms with Gasteiger partial charge in [-0.2, -0.15) is 0 Å². The second-order valence-corrected chi connectivity index (χ2v) is 24.0. The van der Waals surface area contributed by atoms with Crippen molar-refractivity contribution in [2.75, 3.05) is 26.4 Å². The third-order valence-electron chi connectivity index (χ3n) is 15.7. The standard InChI is InChI=1S/C57H107O23P/c1-3-5-7-9-11-13-15-17-19-20-22-23-25-27-29-31-33-42(60)73-37-39(75-43(61)34-32-30-28-26-24-21-18-16-14-12-10-8-6-4-2)38-74-81(71,72)80-55-53(78-56-51(69)46(64)44(62)40(35-58)76-56)49(67)48(66)50(68)54(55)79-57-52(70)47(65)45(63)41(36-59)77-57/h39-41,44-59,62-70H,3-38H2,1-2H3,(H,71,72). The van der Waals surface area contributed by atoms with Crippen molar-refractivity contribution in [2.45, 2.75) is 323 Å². The largest absolute Gasteiger partial charge is 0.472 e. The smallest absolute Gasteiger partial charge is 0.462 e. The van der Waals surface area contributed by atoms with E-state index in [-0.39, 0.29) is 12.8 Å². The molecule has 23 nitrogen and oxygen atoms in total. The molecule has 478 valence electrons. The first-order valence-electron chi connectivity index (χ1n) is 30.9. The number of carbonyl (C=O) groups is 2. The molecule has 3 rings (SSSR count). The van der Waals surface area contributed by atoms with E-state index < -0.39 is 150 Å². The Morgan fingerprint density at radius 3 is 1.09 bits per heavy atom. The number of carbonyl (C=O) groups excluding carboxylic acids is 2. The van der Waals surface area contributed by atoms with Gasteiger partial charge >= 0.3 is 19.8 Å². The molecule has 16 unspecified atom stereocenters. The Hall–Kier alpha value is -1.55. The molecule has 0 radical (unpaired) electrons. The maximum Gasteiger partial charge on any atom is 0.472 e. The molecule has 24 heteroatoms. The normalized spacial score (nSPS) is 30.9. The summed E-state index contributed by atoms with van der Waals surface area (Å²) in [5, 5.41) is 117. The summed E-state index contributed by atoms with van der Waals surface area (Å²) >= 11 is 0. The van der Waals surface area contributed by atoms with Gasteiger partial charge in [0.25, 0.3) is 0 Å². The van der Waals surface area contributed by atoms with Crippen LogP contribution in [0.15, 0.2) is 0 Å². The van der Waals surface area contributed by atoms with Crippen LogP contribution in [0.2, 0.25) is 0 Å². The first kappa shape index (κ1) is 73.7. The minimum atomic E-state index is -5.63. The molecule has 2 saturated heterocycles. The first-order chi connectivity index (χ1) is 38.9. The van der Waals surface area contributed by atoms with Gasteiger partial charge in [-0.3, -0.25) is 18.6 Å². The molecule has 0 aromatic rings. The van der Waals surface area contributed by atoms with Crippen LogP contribution in [0.4, 0.5) is 0 Å². The molecule has 0 amide bonds. The summed E-state index contributed by atoms with van der Waals surface area (Å²) in [6, 6.07) is 0. The minimum Gasteiger partial charge on any atom is -0.462 e. The summed E-state index contributed by atoms with van der Waals surface area (Å²) in [7, 11) is -5.63. The lowest BCUT2D eigenvalue weighted by atomic mass is 9.84. The zero-order valence-corrected chi connectivity index (χ0v) is 49.5. The summed E-state index contributed by atoms with van der Waals surface area (Å²) < 4.78 is 58.2. The molecular weight excluding hydrogens is 1080 g/mol. The highest BCUT2D eigenvalue weighted by molar-refractivity contribution is 7.47. The fourth-order valence-electron chi connectivity index (χ4n) is 10.5. The number of aliphatic hydroxyl groups excluding tert-OH is 11. The molecule has 0 aromatic carbocycles. The van der Waals surface area contributed by atoms with Gasteiger partial charge in [0.15, 0.2) is 18.7 Å². The van der Waals surface area contributed by atoms with Crippen molar-refractivity contribution in [3.8, 4) is 0 Å². The van der Waals surface area contributed by atoms with Crippen molar-refractivity contribution in [2.24, 2.45) is 0 Å². The Morgan fingerprint density at radius 2 is 0.741 bits per heavy atom. The number of ether oxygens (including phenoxy) is 6. The Kier molecular flexibility index (Phi) is 38.5. The number of phosphoric ester groups is 1. The summed E-state index contributed by atoms with van der Waals surface area (Å²) in [5.74, 6) is -1.32. The number of hydrogen-bond acceptors (Lipinski definition) is 22. The molecule has 1 aliphatic carbocycles. The van der Waals surface area contributed by atoms with Crippen molar-refractivity contribution >= 4 is 19.8 Å². The Balaban J connectivity index is 1.67. The average Bonchev–Trinajstić information content (AvgIpc) is 3.44. The first-order valence-corrected chi connectivity index (χ1v) is 32.4. The highest BCUT2D eigenvalue weighted by Crippen LogP contribution is 2.49. The van der Waals surface area contributed by atoms with Gasteiger partial charge in [-0.15, -0.1) is 0 Å². The Bertz CT molecular complexity index is 1610. The highest BCUT2D eigenvalue weighted by atomic mass is 31.2. The van der Waals surface area contributed by atoms with Crippen molar-refractivity contribution in [3.63, 3.8) is 0 Å². The molecule has 3 aliphatic rings. The summed E-state index contributed by atoms with van der Waals surface area (Å²) in [6.07, 6.45) is -0.709. The quantitative estimate of drug-likeness (QED) is 0.0218. The van der Waals surface area contributed by atoms with Crippen LogP contribution >= 0.6 is 7.82 Å². The fraction of sp³-hybridized carbons (Fsp3) is 0.965. The predicted octanol–water partition coefficient (Wildman–Crippen LogP) is 4.93. The van der Waals surface area contributed by atoms with E-state index in [1.165, 1.54) is 122 Å². The van der Waals surface area contributed by atoms with Gasteiger partial charge in [-0.05, 0) is 12.8 Å². The zero-order valence-electron chi connectivity index (χ0n) is 48.6. The van der Waals surface area contributed by atoms with E-state index in [4.69, 9.17) is 37.5 Å². The molecule has 81 heavy (non-hydrogen) atoms. The lowest BCUT2D eigenvalue weighted by molar-refractivity contribution is -0.360. The fourth-order valence-corrected chi connectivity index (χ4v) is 11.5. The molecule has 0 aromatic heterocycles. The third kappa shape index (κ3) is 27.8. The van der Waals surface area contributed by atoms with Crippen molar-refractivity contribution in [1.82, 2.24) is 0 Å². The summed E-state index contributed by atoms with van der Waals surface area (Å²) in [5.41, 5.74) is 0. The number of aliphatic hydroxyl groups is 11. The average molecular weight is 1190 g/mol. The van der Waals surface area contributed by atoms with Gasteiger partial charge < -0.3 is 89.5 Å². The lowest BCUT2D eigenvalue weighted by Gasteiger charge is -2.49. The molecule has 12 N–H and O–H groups in total. The van der Waals surface area contributed by atoms with E-state index in [1.54, 1.807) is 0 Å². The van der Waals surface area contributed by atoms with Gasteiger partial charge in [0, 0.05) is 12.8 Å². The van der Waals surface area contributed by atoms with Gasteiger partial charge in [-0.25, -0.2) is 4.57 Å². The Morgan fingerprint density at radius 1 is 0.420 bits per heavy atom.